The van der Waals surface area contributed by atoms with E-state index in [4.69, 9.17) is 4.74 Å². The van der Waals surface area contributed by atoms with E-state index < -0.39 is 15.6 Å². The lowest BCUT2D eigenvalue weighted by Gasteiger charge is -2.34. The van der Waals surface area contributed by atoms with Gasteiger partial charge in [0.15, 0.2) is 0 Å². The number of hydrogen-bond acceptors (Lipinski definition) is 5. The lowest BCUT2D eigenvalue weighted by atomic mass is 9.97. The summed E-state index contributed by atoms with van der Waals surface area (Å²) in [6, 6.07) is 0. The molecular formula is C14H24N2O3S2. The smallest absolute Gasteiger partial charge is 0.242 e. The van der Waals surface area contributed by atoms with E-state index in [2.05, 4.69) is 10.0 Å². The molecule has 120 valence electrons. The number of aryl methyl sites for hydroxylation is 1. The maximum atomic E-state index is 12.8. The molecule has 0 aromatic carbocycles. The Morgan fingerprint density at radius 3 is 2.86 bits per heavy atom. The number of nitrogens with one attached hydrogen (secondary N) is 2. The average molecular weight is 332 g/mol. The molecule has 1 fully saturated rings. The van der Waals surface area contributed by atoms with Crippen molar-refractivity contribution in [3.05, 3.63) is 15.8 Å². The summed E-state index contributed by atoms with van der Waals surface area (Å²) in [7, 11) is -3.53. The van der Waals surface area contributed by atoms with Gasteiger partial charge >= 0.3 is 0 Å². The van der Waals surface area contributed by atoms with Gasteiger partial charge in [-0.3, -0.25) is 0 Å². The van der Waals surface area contributed by atoms with Crippen molar-refractivity contribution in [1.29, 1.82) is 0 Å². The quantitative estimate of drug-likeness (QED) is 0.836. The van der Waals surface area contributed by atoms with E-state index in [1.54, 1.807) is 0 Å². The van der Waals surface area contributed by atoms with Gasteiger partial charge in [0, 0.05) is 18.0 Å². The molecule has 1 aliphatic rings. The molecule has 7 heteroatoms. The lowest BCUT2D eigenvalue weighted by molar-refractivity contribution is 0.0386. The highest BCUT2D eigenvalue weighted by atomic mass is 32.2. The van der Waals surface area contributed by atoms with Crippen LogP contribution >= 0.6 is 11.3 Å². The Bertz CT molecular complexity index is 575. The minimum Gasteiger partial charge on any atom is -0.380 e. The second-order valence-electron chi connectivity index (χ2n) is 5.77. The first kappa shape index (κ1) is 16.9. The zero-order valence-electron chi connectivity index (χ0n) is 12.9. The summed E-state index contributed by atoms with van der Waals surface area (Å²) in [5.41, 5.74) is 0.293. The maximum Gasteiger partial charge on any atom is 0.242 e. The Morgan fingerprint density at radius 2 is 2.24 bits per heavy atom. The maximum absolute atomic E-state index is 12.8. The number of hydrogen-bond donors (Lipinski definition) is 2. The molecule has 1 saturated heterocycles. The normalized spacial score (nSPS) is 23.4. The lowest BCUT2D eigenvalue weighted by Crippen LogP contribution is -2.51. The van der Waals surface area contributed by atoms with Crippen molar-refractivity contribution in [3.8, 4) is 0 Å². The van der Waals surface area contributed by atoms with Crippen LogP contribution in [0.2, 0.25) is 0 Å². The summed E-state index contributed by atoms with van der Waals surface area (Å²) in [5.74, 6) is 0. The highest BCUT2D eigenvalue weighted by Crippen LogP contribution is 2.29. The molecule has 0 radical (unpaired) electrons. The van der Waals surface area contributed by atoms with Crippen LogP contribution in [-0.2, 0) is 21.3 Å². The second kappa shape index (κ2) is 6.75. The van der Waals surface area contributed by atoms with Gasteiger partial charge in [-0.05, 0) is 44.2 Å². The van der Waals surface area contributed by atoms with Gasteiger partial charge in [0.25, 0.3) is 0 Å². The summed E-state index contributed by atoms with van der Waals surface area (Å²) in [6.45, 7) is 8.30. The number of sulfonamides is 1. The van der Waals surface area contributed by atoms with E-state index in [1.807, 2.05) is 26.2 Å². The predicted molar refractivity (Wildman–Crippen MR) is 85.2 cm³/mol. The fourth-order valence-electron chi connectivity index (χ4n) is 2.60. The third-order valence-corrected chi connectivity index (χ3v) is 6.71. The molecule has 1 aromatic rings. The van der Waals surface area contributed by atoms with Gasteiger partial charge in [0.05, 0.1) is 12.1 Å². The molecule has 2 rings (SSSR count). The van der Waals surface area contributed by atoms with Crippen LogP contribution < -0.4 is 10.0 Å². The Hall–Kier alpha value is -0.470. The summed E-state index contributed by atoms with van der Waals surface area (Å²) in [4.78, 5) is 1.29. The Morgan fingerprint density at radius 1 is 1.48 bits per heavy atom. The number of rotatable bonds is 6. The van der Waals surface area contributed by atoms with Crippen LogP contribution in [0.5, 0.6) is 0 Å². The van der Waals surface area contributed by atoms with Crippen molar-refractivity contribution >= 4 is 21.4 Å². The van der Waals surface area contributed by atoms with Crippen LogP contribution in [0.25, 0.3) is 0 Å². The fraction of sp³-hybridized carbons (Fsp3) is 0.714. The van der Waals surface area contributed by atoms with E-state index in [0.29, 0.717) is 24.7 Å². The fourth-order valence-corrected chi connectivity index (χ4v) is 5.80. The zero-order chi connectivity index (χ0) is 15.5. The first-order valence-electron chi connectivity index (χ1n) is 7.27. The average Bonchev–Trinajstić information content (AvgIpc) is 2.78. The highest BCUT2D eigenvalue weighted by Gasteiger charge is 2.34. The largest absolute Gasteiger partial charge is 0.380 e. The van der Waals surface area contributed by atoms with Gasteiger partial charge in [0.1, 0.15) is 4.90 Å². The number of thiophene rings is 1. The van der Waals surface area contributed by atoms with Crippen molar-refractivity contribution in [2.45, 2.75) is 50.6 Å². The first-order chi connectivity index (χ1) is 9.88. The molecule has 5 nitrogen and oxygen atoms in total. The van der Waals surface area contributed by atoms with Gasteiger partial charge in [0.2, 0.25) is 10.0 Å². The molecule has 0 aliphatic carbocycles. The van der Waals surface area contributed by atoms with Crippen molar-refractivity contribution in [1.82, 2.24) is 10.0 Å². The van der Waals surface area contributed by atoms with Crippen molar-refractivity contribution in [2.24, 2.45) is 0 Å². The highest BCUT2D eigenvalue weighted by molar-refractivity contribution is 7.89. The molecule has 2 N–H and O–H groups in total. The minimum absolute atomic E-state index is 0.429. The summed E-state index contributed by atoms with van der Waals surface area (Å²) < 4.78 is 33.9. The van der Waals surface area contributed by atoms with E-state index >= 15 is 0 Å². The molecular weight excluding hydrogens is 308 g/mol. The van der Waals surface area contributed by atoms with Crippen LogP contribution in [0.15, 0.2) is 10.3 Å². The molecule has 0 spiro atoms. The topological polar surface area (TPSA) is 67.4 Å². The zero-order valence-corrected chi connectivity index (χ0v) is 14.5. The van der Waals surface area contributed by atoms with Crippen LogP contribution in [-0.4, -0.2) is 33.7 Å². The summed E-state index contributed by atoms with van der Waals surface area (Å²) in [6.07, 6.45) is 1.68. The first-order valence-corrected chi connectivity index (χ1v) is 9.64. The predicted octanol–water partition coefficient (Wildman–Crippen LogP) is 2.01. The molecule has 1 aromatic heterocycles. The minimum atomic E-state index is -3.53. The molecule has 0 bridgehead atoms. The molecule has 0 saturated carbocycles. The van der Waals surface area contributed by atoms with Gasteiger partial charge in [-0.2, -0.15) is 0 Å². The van der Waals surface area contributed by atoms with Gasteiger partial charge in [-0.25, -0.2) is 13.1 Å². The van der Waals surface area contributed by atoms with Crippen LogP contribution in [0.4, 0.5) is 0 Å². The molecule has 1 unspecified atom stereocenters. The van der Waals surface area contributed by atoms with E-state index in [9.17, 15) is 8.42 Å². The number of ether oxygens (including phenoxy) is 1. The van der Waals surface area contributed by atoms with E-state index in [1.165, 1.54) is 11.3 Å². The molecule has 2 heterocycles. The monoisotopic (exact) mass is 332 g/mol. The van der Waals surface area contributed by atoms with Crippen LogP contribution in [0.1, 0.15) is 37.1 Å². The standard InChI is InChI=1S/C14H24N2O3S2/c1-4-15-8-12-13(11(2)9-20-12)21(17,18)16-14(3)6-5-7-19-10-14/h9,15-16H,4-8,10H2,1-3H3. The molecule has 21 heavy (non-hydrogen) atoms. The Labute approximate surface area is 131 Å². The van der Waals surface area contributed by atoms with Crippen LogP contribution in [0.3, 0.4) is 0 Å². The van der Waals surface area contributed by atoms with E-state index in [-0.39, 0.29) is 0 Å². The van der Waals surface area contributed by atoms with Crippen molar-refractivity contribution in [2.75, 3.05) is 19.8 Å². The SMILES string of the molecule is CCNCc1scc(C)c1S(=O)(=O)NC1(C)CCCOC1. The van der Waals surface area contributed by atoms with Crippen LogP contribution in [0, 0.1) is 6.92 Å². The third-order valence-electron chi connectivity index (χ3n) is 3.61. The molecule has 1 aliphatic heterocycles. The third kappa shape index (κ3) is 4.04. The van der Waals surface area contributed by atoms with Crippen molar-refractivity contribution < 1.29 is 13.2 Å². The Balaban J connectivity index is 2.24. The molecule has 1 atom stereocenters. The molecule has 0 amide bonds. The van der Waals surface area contributed by atoms with Gasteiger partial charge in [-0.15, -0.1) is 11.3 Å². The summed E-state index contributed by atoms with van der Waals surface area (Å²) in [5, 5.41) is 5.10. The van der Waals surface area contributed by atoms with Crippen molar-refractivity contribution in [3.63, 3.8) is 0 Å². The summed E-state index contributed by atoms with van der Waals surface area (Å²) >= 11 is 1.49. The van der Waals surface area contributed by atoms with Gasteiger partial charge in [-0.1, -0.05) is 6.92 Å². The Kier molecular flexibility index (Phi) is 5.43. The van der Waals surface area contributed by atoms with Gasteiger partial charge < -0.3 is 10.1 Å². The van der Waals surface area contributed by atoms with E-state index in [0.717, 1.165) is 29.8 Å². The second-order valence-corrected chi connectivity index (χ2v) is 8.36.